The van der Waals surface area contributed by atoms with Crippen LogP contribution in [-0.4, -0.2) is 4.98 Å². The number of anilines is 1. The maximum atomic E-state index is 12.5. The van der Waals surface area contributed by atoms with Gasteiger partial charge in [0.25, 0.3) is 0 Å². The van der Waals surface area contributed by atoms with Gasteiger partial charge in [-0.2, -0.15) is 13.2 Å². The Morgan fingerprint density at radius 1 is 1.06 bits per heavy atom. The van der Waals surface area contributed by atoms with Gasteiger partial charge in [0.05, 0.1) is 5.56 Å². The third-order valence-corrected chi connectivity index (χ3v) is 2.39. The number of hydrogen-bond acceptors (Lipinski definition) is 2. The zero-order chi connectivity index (χ0) is 13.0. The fraction of sp³-hybridized carbons (Fsp3) is 0.154. The van der Waals surface area contributed by atoms with Gasteiger partial charge in [0, 0.05) is 12.7 Å². The highest BCUT2D eigenvalue weighted by Gasteiger charge is 2.30. The summed E-state index contributed by atoms with van der Waals surface area (Å²) in [6.45, 7) is 0.306. The van der Waals surface area contributed by atoms with Crippen molar-refractivity contribution in [3.8, 4) is 0 Å². The quantitative estimate of drug-likeness (QED) is 0.900. The maximum absolute atomic E-state index is 12.5. The first kappa shape index (κ1) is 12.4. The molecule has 18 heavy (non-hydrogen) atoms. The van der Waals surface area contributed by atoms with Crippen LogP contribution in [0, 0.1) is 0 Å². The van der Waals surface area contributed by atoms with Gasteiger partial charge >= 0.3 is 6.18 Å². The van der Waals surface area contributed by atoms with E-state index in [0.717, 1.165) is 12.1 Å². The molecule has 1 aromatic heterocycles. The van der Waals surface area contributed by atoms with Gasteiger partial charge < -0.3 is 5.32 Å². The predicted octanol–water partition coefficient (Wildman–Crippen LogP) is 3.71. The molecule has 0 fully saturated rings. The number of rotatable bonds is 3. The SMILES string of the molecule is FC(F)(F)c1cccc(CNc2ccccn2)c1. The summed E-state index contributed by atoms with van der Waals surface area (Å²) < 4.78 is 37.5. The number of benzene rings is 1. The molecule has 0 aliphatic rings. The molecule has 5 heteroatoms. The first-order chi connectivity index (χ1) is 8.55. The zero-order valence-corrected chi connectivity index (χ0v) is 9.41. The monoisotopic (exact) mass is 252 g/mol. The molecule has 0 aliphatic carbocycles. The molecule has 2 aromatic rings. The molecule has 0 saturated carbocycles. The normalized spacial score (nSPS) is 11.3. The summed E-state index contributed by atoms with van der Waals surface area (Å²) in [5.74, 6) is 0.634. The predicted molar refractivity (Wildman–Crippen MR) is 63.0 cm³/mol. The molecule has 0 saturated heterocycles. The molecule has 2 rings (SSSR count). The summed E-state index contributed by atoms with van der Waals surface area (Å²) in [7, 11) is 0. The van der Waals surface area contributed by atoms with Gasteiger partial charge in [-0.3, -0.25) is 0 Å². The number of nitrogens with one attached hydrogen (secondary N) is 1. The van der Waals surface area contributed by atoms with Crippen molar-refractivity contribution in [3.05, 3.63) is 59.8 Å². The van der Waals surface area contributed by atoms with Crippen molar-refractivity contribution in [2.45, 2.75) is 12.7 Å². The second-order valence-electron chi connectivity index (χ2n) is 3.77. The molecule has 0 aliphatic heterocycles. The van der Waals surface area contributed by atoms with Crippen LogP contribution in [0.1, 0.15) is 11.1 Å². The van der Waals surface area contributed by atoms with Crippen LogP contribution in [0.2, 0.25) is 0 Å². The van der Waals surface area contributed by atoms with E-state index in [-0.39, 0.29) is 0 Å². The van der Waals surface area contributed by atoms with Gasteiger partial charge in [0.15, 0.2) is 0 Å². The molecule has 0 radical (unpaired) electrons. The Morgan fingerprint density at radius 2 is 1.89 bits per heavy atom. The summed E-state index contributed by atoms with van der Waals surface area (Å²) in [5.41, 5.74) is -0.0710. The Balaban J connectivity index is 2.06. The number of aromatic nitrogens is 1. The summed E-state index contributed by atoms with van der Waals surface area (Å²) in [6.07, 6.45) is -2.69. The van der Waals surface area contributed by atoms with E-state index in [2.05, 4.69) is 10.3 Å². The van der Waals surface area contributed by atoms with Crippen molar-refractivity contribution in [1.82, 2.24) is 4.98 Å². The Hall–Kier alpha value is -2.04. The molecule has 2 nitrogen and oxygen atoms in total. The highest BCUT2D eigenvalue weighted by molar-refractivity contribution is 5.35. The molecule has 0 atom stereocenters. The molecular weight excluding hydrogens is 241 g/mol. The molecule has 0 bridgehead atoms. The molecule has 0 unspecified atom stereocenters. The highest BCUT2D eigenvalue weighted by Crippen LogP contribution is 2.29. The van der Waals surface area contributed by atoms with E-state index < -0.39 is 11.7 Å². The van der Waals surface area contributed by atoms with Gasteiger partial charge in [-0.05, 0) is 29.8 Å². The lowest BCUT2D eigenvalue weighted by atomic mass is 10.1. The van der Waals surface area contributed by atoms with E-state index in [0.29, 0.717) is 17.9 Å². The average molecular weight is 252 g/mol. The van der Waals surface area contributed by atoms with Crippen molar-refractivity contribution in [1.29, 1.82) is 0 Å². The summed E-state index contributed by atoms with van der Waals surface area (Å²) in [5, 5.41) is 2.96. The largest absolute Gasteiger partial charge is 0.416 e. The second-order valence-corrected chi connectivity index (χ2v) is 3.77. The van der Waals surface area contributed by atoms with Crippen molar-refractivity contribution in [3.63, 3.8) is 0 Å². The number of pyridine rings is 1. The van der Waals surface area contributed by atoms with Crippen LogP contribution < -0.4 is 5.32 Å². The van der Waals surface area contributed by atoms with Crippen LogP contribution in [0.3, 0.4) is 0 Å². The lowest BCUT2D eigenvalue weighted by Crippen LogP contribution is -2.07. The number of nitrogens with zero attached hydrogens (tertiary/aromatic N) is 1. The lowest BCUT2D eigenvalue weighted by molar-refractivity contribution is -0.137. The van der Waals surface area contributed by atoms with Gasteiger partial charge in [-0.1, -0.05) is 18.2 Å². The molecule has 1 aromatic carbocycles. The maximum Gasteiger partial charge on any atom is 0.416 e. The standard InChI is InChI=1S/C13H11F3N2/c14-13(15,16)11-5-3-4-10(8-11)9-18-12-6-1-2-7-17-12/h1-8H,9H2,(H,17,18). The highest BCUT2D eigenvalue weighted by atomic mass is 19.4. The number of hydrogen-bond donors (Lipinski definition) is 1. The fourth-order valence-electron chi connectivity index (χ4n) is 1.52. The van der Waals surface area contributed by atoms with E-state index in [1.807, 2.05) is 6.07 Å². The second kappa shape index (κ2) is 5.08. The van der Waals surface area contributed by atoms with Crippen molar-refractivity contribution < 1.29 is 13.2 Å². The Bertz CT molecular complexity index is 509. The van der Waals surface area contributed by atoms with E-state index in [1.54, 1.807) is 24.4 Å². The lowest BCUT2D eigenvalue weighted by Gasteiger charge is -2.09. The first-order valence-corrected chi connectivity index (χ1v) is 5.37. The first-order valence-electron chi connectivity index (χ1n) is 5.37. The van der Waals surface area contributed by atoms with Crippen molar-refractivity contribution >= 4 is 5.82 Å². The zero-order valence-electron chi connectivity index (χ0n) is 9.41. The van der Waals surface area contributed by atoms with Crippen LogP contribution in [0.25, 0.3) is 0 Å². The van der Waals surface area contributed by atoms with Gasteiger partial charge in [0.2, 0.25) is 0 Å². The minimum absolute atomic E-state index is 0.306. The van der Waals surface area contributed by atoms with Crippen LogP contribution in [0.5, 0.6) is 0 Å². The minimum Gasteiger partial charge on any atom is -0.366 e. The van der Waals surface area contributed by atoms with E-state index in [4.69, 9.17) is 0 Å². The van der Waals surface area contributed by atoms with Crippen LogP contribution >= 0.6 is 0 Å². The molecule has 94 valence electrons. The van der Waals surface area contributed by atoms with E-state index in [1.165, 1.54) is 6.07 Å². The van der Waals surface area contributed by atoms with E-state index >= 15 is 0 Å². The molecule has 0 spiro atoms. The van der Waals surface area contributed by atoms with Crippen molar-refractivity contribution in [2.75, 3.05) is 5.32 Å². The Labute approximate surface area is 102 Å². The summed E-state index contributed by atoms with van der Waals surface area (Å²) in [4.78, 5) is 4.03. The Morgan fingerprint density at radius 3 is 2.56 bits per heavy atom. The number of alkyl halides is 3. The van der Waals surface area contributed by atoms with Crippen LogP contribution in [0.15, 0.2) is 48.7 Å². The van der Waals surface area contributed by atoms with Gasteiger partial charge in [0.1, 0.15) is 5.82 Å². The Kier molecular flexibility index (Phi) is 3.50. The number of halogens is 3. The van der Waals surface area contributed by atoms with Crippen LogP contribution in [-0.2, 0) is 12.7 Å². The summed E-state index contributed by atoms with van der Waals surface area (Å²) >= 11 is 0. The smallest absolute Gasteiger partial charge is 0.366 e. The van der Waals surface area contributed by atoms with Gasteiger partial charge in [-0.15, -0.1) is 0 Å². The molecule has 1 heterocycles. The van der Waals surface area contributed by atoms with Crippen LogP contribution in [0.4, 0.5) is 19.0 Å². The topological polar surface area (TPSA) is 24.9 Å². The molecule has 0 amide bonds. The average Bonchev–Trinajstić information content (AvgIpc) is 2.37. The molecule has 1 N–H and O–H groups in total. The van der Waals surface area contributed by atoms with Crippen molar-refractivity contribution in [2.24, 2.45) is 0 Å². The molecular formula is C13H11F3N2. The fourth-order valence-corrected chi connectivity index (χ4v) is 1.52. The minimum atomic E-state index is -4.30. The van der Waals surface area contributed by atoms with E-state index in [9.17, 15) is 13.2 Å². The third-order valence-electron chi connectivity index (χ3n) is 2.39. The summed E-state index contributed by atoms with van der Waals surface area (Å²) in [6, 6.07) is 10.6. The van der Waals surface area contributed by atoms with Gasteiger partial charge in [-0.25, -0.2) is 4.98 Å². The third kappa shape index (κ3) is 3.23.